The number of benzene rings is 1. The average molecular weight is 1180 g/mol. The van der Waals surface area contributed by atoms with Gasteiger partial charge in [0.2, 0.25) is 53.2 Å². The van der Waals surface area contributed by atoms with E-state index in [1.807, 2.05) is 79.6 Å². The molecule has 1 fully saturated rings. The van der Waals surface area contributed by atoms with Crippen molar-refractivity contribution in [3.8, 4) is 0 Å². The smallest absolute Gasteiger partial charge is 0.254 e. The number of carbonyl (C=O) groups excluding carboxylic acids is 10. The third kappa shape index (κ3) is 23.5. The van der Waals surface area contributed by atoms with E-state index in [1.165, 1.54) is 41.5 Å². The molecule has 10 amide bonds. The molecule has 0 bridgehead atoms. The zero-order chi connectivity index (χ0) is 63.3. The van der Waals surface area contributed by atoms with Gasteiger partial charge in [0.1, 0.15) is 46.8 Å². The maximum absolute atomic E-state index is 14.4. The van der Waals surface area contributed by atoms with Gasteiger partial charge in [-0.05, 0) is 143 Å². The van der Waals surface area contributed by atoms with E-state index in [2.05, 4.69) is 59.8 Å². The van der Waals surface area contributed by atoms with Crippen LogP contribution in [0.15, 0.2) is 30.5 Å². The fourth-order valence-electron chi connectivity index (χ4n) is 10.1. The second-order valence-electron chi connectivity index (χ2n) is 26.1. The highest BCUT2D eigenvalue weighted by Gasteiger charge is 2.41. The summed E-state index contributed by atoms with van der Waals surface area (Å²) >= 11 is 0. The van der Waals surface area contributed by atoms with Crippen molar-refractivity contribution in [2.45, 2.75) is 233 Å². The van der Waals surface area contributed by atoms with Gasteiger partial charge in [0, 0.05) is 54.8 Å². The number of unbranched alkanes of at least 4 members (excludes halogenated alkanes) is 5. The molecule has 1 aliphatic rings. The predicted molar refractivity (Wildman–Crippen MR) is 327 cm³/mol. The second-order valence-corrected chi connectivity index (χ2v) is 26.1. The topological polar surface area (TPSA) is 301 Å². The number of aromatic nitrogens is 1. The van der Waals surface area contributed by atoms with Crippen LogP contribution in [-0.4, -0.2) is 160 Å². The standard InChI is InChI=1S/C62H104N12O10/c1-17-18-19-20-21-22-24-45(66-55(80)49-25-23-32-74(49)56(81)43-26-27-44-42(36-43)28-30-63-44)51(76)67-47(34-39(4)5)53(78)70-61(11,12)58(83)69-46(33-38(2)3)52(77)68-48(35-40(6)7)54(79)71-62(13,14)59(84)72-60(9,10)57(82)64-31-29-50(75)65-41(8)37-73(15)16/h26-28,30,36,38-41,45-49,63H,17-25,29,31-35,37H2,1-16H3,(H,64,82)(H,65,75)(H,66,80)(H,67,76)(H,68,77)(H,69,83)(H,70,78)(H,71,79)(H,72,84)/t41?,45?,46?,47?,48?,49-/m0/s1. The molecular formula is C62H104N12O10. The van der Waals surface area contributed by atoms with Gasteiger partial charge in [-0.1, -0.05) is 87.0 Å². The Hall–Kier alpha value is -6.58. The van der Waals surface area contributed by atoms with E-state index in [4.69, 9.17) is 0 Å². The summed E-state index contributed by atoms with van der Waals surface area (Å²) in [6.45, 7) is 25.2. The third-order valence-corrected chi connectivity index (χ3v) is 14.8. The first-order valence-electron chi connectivity index (χ1n) is 30.5. The highest BCUT2D eigenvalue weighted by Crippen LogP contribution is 2.24. The zero-order valence-corrected chi connectivity index (χ0v) is 53.4. The molecule has 1 saturated heterocycles. The molecule has 6 atom stereocenters. The summed E-state index contributed by atoms with van der Waals surface area (Å²) in [5.74, 6) is -5.83. The highest BCUT2D eigenvalue weighted by atomic mass is 16.2. The number of hydrogen-bond donors (Lipinski definition) is 10. The fraction of sp³-hybridized carbons (Fsp3) is 0.710. The van der Waals surface area contributed by atoms with E-state index >= 15 is 0 Å². The molecule has 1 aromatic carbocycles. The van der Waals surface area contributed by atoms with Crippen LogP contribution >= 0.6 is 0 Å². The number of carbonyl (C=O) groups is 10. The van der Waals surface area contributed by atoms with Gasteiger partial charge in [-0.3, -0.25) is 47.9 Å². The fourth-order valence-corrected chi connectivity index (χ4v) is 10.1. The van der Waals surface area contributed by atoms with Crippen LogP contribution in [0.4, 0.5) is 0 Å². The van der Waals surface area contributed by atoms with E-state index in [0.717, 1.165) is 43.0 Å². The SMILES string of the molecule is CCCCCCCCC(NC(=O)[C@@H]1CCCN1C(=O)c1ccc2[nH]ccc2c1)C(=O)NC(CC(C)C)C(=O)NC(C)(C)C(=O)NC(CC(C)C)C(=O)NC(CC(C)C)C(=O)NC(C)(C)C(=O)NC(C)(C)C(=O)NCCC(=O)NC(C)CN(C)C. The maximum atomic E-state index is 14.4. The monoisotopic (exact) mass is 1180 g/mol. The molecule has 472 valence electrons. The van der Waals surface area contributed by atoms with E-state index in [9.17, 15) is 47.9 Å². The van der Waals surface area contributed by atoms with Crippen LogP contribution in [0, 0.1) is 17.8 Å². The van der Waals surface area contributed by atoms with Crippen molar-refractivity contribution in [3.05, 3.63) is 36.0 Å². The van der Waals surface area contributed by atoms with Gasteiger partial charge >= 0.3 is 0 Å². The Balaban J connectivity index is 1.74. The number of likely N-dealkylation sites (tertiary alicyclic amines) is 1. The van der Waals surface area contributed by atoms with Gasteiger partial charge in [-0.2, -0.15) is 0 Å². The van der Waals surface area contributed by atoms with Crippen molar-refractivity contribution < 1.29 is 47.9 Å². The normalized spacial score (nSPS) is 15.7. The molecule has 0 aliphatic carbocycles. The Morgan fingerprint density at radius 3 is 1.69 bits per heavy atom. The Morgan fingerprint density at radius 2 is 1.13 bits per heavy atom. The van der Waals surface area contributed by atoms with Gasteiger partial charge in [0.25, 0.3) is 5.91 Å². The number of nitrogens with zero attached hydrogens (tertiary/aromatic N) is 2. The van der Waals surface area contributed by atoms with Crippen LogP contribution in [0.25, 0.3) is 10.9 Å². The molecular weight excluding hydrogens is 1070 g/mol. The lowest BCUT2D eigenvalue weighted by molar-refractivity contribution is -0.139. The van der Waals surface area contributed by atoms with Crippen LogP contribution in [0.3, 0.4) is 0 Å². The van der Waals surface area contributed by atoms with Crippen LogP contribution in [-0.2, 0) is 43.2 Å². The van der Waals surface area contributed by atoms with Crippen LogP contribution in [0.1, 0.15) is 191 Å². The maximum Gasteiger partial charge on any atom is 0.254 e. The summed E-state index contributed by atoms with van der Waals surface area (Å²) in [5.41, 5.74) is -3.34. The number of hydrogen-bond acceptors (Lipinski definition) is 11. The molecule has 0 saturated carbocycles. The van der Waals surface area contributed by atoms with Crippen molar-refractivity contribution in [3.63, 3.8) is 0 Å². The van der Waals surface area contributed by atoms with Crippen molar-refractivity contribution in [2.75, 3.05) is 33.7 Å². The molecule has 10 N–H and O–H groups in total. The summed E-state index contributed by atoms with van der Waals surface area (Å²) < 4.78 is 0. The Bertz CT molecular complexity index is 2560. The first kappa shape index (κ1) is 71.7. The number of nitrogens with one attached hydrogen (secondary N) is 10. The number of aromatic amines is 1. The van der Waals surface area contributed by atoms with Gasteiger partial charge in [0.15, 0.2) is 0 Å². The summed E-state index contributed by atoms with van der Waals surface area (Å²) in [4.78, 5) is 145. The lowest BCUT2D eigenvalue weighted by Gasteiger charge is -2.34. The molecule has 1 aromatic heterocycles. The minimum atomic E-state index is -1.64. The molecule has 5 unspecified atom stereocenters. The molecule has 84 heavy (non-hydrogen) atoms. The van der Waals surface area contributed by atoms with E-state index in [0.29, 0.717) is 44.3 Å². The number of amides is 10. The van der Waals surface area contributed by atoms with Crippen LogP contribution in [0.2, 0.25) is 0 Å². The molecule has 22 heteroatoms. The third-order valence-electron chi connectivity index (χ3n) is 14.8. The average Bonchev–Trinajstić information content (AvgIpc) is 4.21. The first-order valence-corrected chi connectivity index (χ1v) is 30.5. The number of fused-ring (bicyclic) bond motifs is 1. The van der Waals surface area contributed by atoms with Crippen LogP contribution < -0.4 is 47.9 Å². The molecule has 2 aromatic rings. The largest absolute Gasteiger partial charge is 0.361 e. The van der Waals surface area contributed by atoms with Crippen molar-refractivity contribution >= 4 is 70.0 Å². The van der Waals surface area contributed by atoms with Gasteiger partial charge in [0.05, 0.1) is 0 Å². The summed E-state index contributed by atoms with van der Waals surface area (Å²) in [6.07, 6.45) is 9.26. The Kier molecular flexibility index (Phi) is 28.3. The lowest BCUT2D eigenvalue weighted by atomic mass is 9.96. The molecule has 3 rings (SSSR count). The second kappa shape index (κ2) is 33.2. The van der Waals surface area contributed by atoms with Gasteiger partial charge in [-0.15, -0.1) is 0 Å². The quantitative estimate of drug-likeness (QED) is 0.0416. The Morgan fingerprint density at radius 1 is 0.607 bits per heavy atom. The van der Waals surface area contributed by atoms with Gasteiger partial charge < -0.3 is 62.6 Å². The van der Waals surface area contributed by atoms with Crippen molar-refractivity contribution in [1.29, 1.82) is 0 Å². The highest BCUT2D eigenvalue weighted by molar-refractivity contribution is 6.02. The molecule has 1 aliphatic heterocycles. The molecule has 2 heterocycles. The van der Waals surface area contributed by atoms with Gasteiger partial charge in [-0.25, -0.2) is 0 Å². The van der Waals surface area contributed by atoms with E-state index in [1.54, 1.807) is 23.2 Å². The predicted octanol–water partition coefficient (Wildman–Crippen LogP) is 4.86. The molecule has 22 nitrogen and oxygen atoms in total. The Labute approximate surface area is 499 Å². The van der Waals surface area contributed by atoms with Crippen molar-refractivity contribution in [2.24, 2.45) is 17.8 Å². The van der Waals surface area contributed by atoms with E-state index < -0.39 is 94.1 Å². The minimum absolute atomic E-state index is 0.0279. The minimum Gasteiger partial charge on any atom is -0.361 e. The van der Waals surface area contributed by atoms with E-state index in [-0.39, 0.29) is 67.8 Å². The molecule has 0 spiro atoms. The summed E-state index contributed by atoms with van der Waals surface area (Å²) in [5, 5.41) is 26.1. The van der Waals surface area contributed by atoms with Crippen molar-refractivity contribution in [1.82, 2.24) is 62.6 Å². The first-order chi connectivity index (χ1) is 39.2. The number of likely N-dealkylation sites (N-methyl/N-ethyl adjacent to an activating group) is 1. The number of rotatable bonds is 35. The van der Waals surface area contributed by atoms with Crippen LogP contribution in [0.5, 0.6) is 0 Å². The number of H-pyrrole nitrogens is 1. The summed E-state index contributed by atoms with van der Waals surface area (Å²) in [6, 6.07) is 1.83. The molecule has 0 radical (unpaired) electrons. The lowest BCUT2D eigenvalue weighted by Crippen LogP contribution is -2.65. The zero-order valence-electron chi connectivity index (χ0n) is 53.4. The summed E-state index contributed by atoms with van der Waals surface area (Å²) in [7, 11) is 3.80.